The van der Waals surface area contributed by atoms with Gasteiger partial charge in [-0.05, 0) is 38.0 Å². The van der Waals surface area contributed by atoms with Gasteiger partial charge in [-0.2, -0.15) is 12.6 Å². The van der Waals surface area contributed by atoms with Crippen LogP contribution in [0.1, 0.15) is 26.7 Å². The first-order valence-electron chi connectivity index (χ1n) is 4.05. The van der Waals surface area contributed by atoms with Crippen molar-refractivity contribution in [3.05, 3.63) is 0 Å². The predicted octanol–water partition coefficient (Wildman–Crippen LogP) is 1.69. The molecule has 1 aliphatic heterocycles. The van der Waals surface area contributed by atoms with Gasteiger partial charge in [0.25, 0.3) is 0 Å². The molecule has 0 aromatic heterocycles. The molecule has 1 aliphatic rings. The Hall–Kier alpha value is 0.310. The van der Waals surface area contributed by atoms with E-state index in [-0.39, 0.29) is 0 Å². The van der Waals surface area contributed by atoms with Crippen LogP contribution in [0.15, 0.2) is 0 Å². The Kier molecular flexibility index (Phi) is 2.64. The molecule has 0 radical (unpaired) electrons. The monoisotopic (exact) mass is 159 g/mol. The van der Waals surface area contributed by atoms with Gasteiger partial charge in [-0.15, -0.1) is 0 Å². The standard InChI is InChI=1S/C8H17NS/c1-7(6-10)8(2)4-3-5-9-8/h7,9-10H,3-6H2,1-2H3. The Balaban J connectivity index is 2.49. The first-order valence-corrected chi connectivity index (χ1v) is 4.68. The van der Waals surface area contributed by atoms with Crippen molar-refractivity contribution >= 4 is 12.6 Å². The molecular formula is C8H17NS. The van der Waals surface area contributed by atoms with Crippen molar-refractivity contribution in [3.63, 3.8) is 0 Å². The molecule has 1 rings (SSSR count). The van der Waals surface area contributed by atoms with E-state index in [1.54, 1.807) is 0 Å². The van der Waals surface area contributed by atoms with E-state index in [1.165, 1.54) is 19.4 Å². The van der Waals surface area contributed by atoms with Gasteiger partial charge in [0, 0.05) is 5.54 Å². The number of rotatable bonds is 2. The third-order valence-corrected chi connectivity index (χ3v) is 3.31. The van der Waals surface area contributed by atoms with Gasteiger partial charge >= 0.3 is 0 Å². The molecule has 0 amide bonds. The molecule has 1 N–H and O–H groups in total. The fourth-order valence-electron chi connectivity index (χ4n) is 1.54. The van der Waals surface area contributed by atoms with Crippen molar-refractivity contribution in [1.82, 2.24) is 5.32 Å². The lowest BCUT2D eigenvalue weighted by Crippen LogP contribution is -2.43. The average Bonchev–Trinajstić information content (AvgIpc) is 2.36. The molecule has 0 aromatic carbocycles. The van der Waals surface area contributed by atoms with E-state index in [1.807, 2.05) is 0 Å². The van der Waals surface area contributed by atoms with Crippen molar-refractivity contribution in [2.24, 2.45) is 5.92 Å². The van der Waals surface area contributed by atoms with Gasteiger partial charge in [-0.25, -0.2) is 0 Å². The lowest BCUT2D eigenvalue weighted by Gasteiger charge is -2.30. The lowest BCUT2D eigenvalue weighted by molar-refractivity contribution is 0.306. The summed E-state index contributed by atoms with van der Waals surface area (Å²) in [5.41, 5.74) is 0.377. The predicted molar refractivity (Wildman–Crippen MR) is 48.7 cm³/mol. The van der Waals surface area contributed by atoms with Crippen LogP contribution < -0.4 is 5.32 Å². The van der Waals surface area contributed by atoms with Crippen molar-refractivity contribution in [1.29, 1.82) is 0 Å². The molecule has 1 nitrogen and oxygen atoms in total. The van der Waals surface area contributed by atoms with Crippen LogP contribution in [-0.4, -0.2) is 17.8 Å². The number of hydrogen-bond acceptors (Lipinski definition) is 2. The highest BCUT2D eigenvalue weighted by atomic mass is 32.1. The Bertz CT molecular complexity index is 108. The van der Waals surface area contributed by atoms with E-state index in [0.29, 0.717) is 11.5 Å². The average molecular weight is 159 g/mol. The smallest absolute Gasteiger partial charge is 0.0187 e. The van der Waals surface area contributed by atoms with Gasteiger partial charge in [-0.1, -0.05) is 6.92 Å². The maximum Gasteiger partial charge on any atom is 0.0187 e. The molecule has 2 unspecified atom stereocenters. The zero-order valence-electron chi connectivity index (χ0n) is 6.85. The largest absolute Gasteiger partial charge is 0.311 e. The molecule has 0 aromatic rings. The van der Waals surface area contributed by atoms with Gasteiger partial charge in [0.1, 0.15) is 0 Å². The molecule has 1 fully saturated rings. The van der Waals surface area contributed by atoms with Crippen molar-refractivity contribution in [2.75, 3.05) is 12.3 Å². The van der Waals surface area contributed by atoms with E-state index < -0.39 is 0 Å². The molecule has 2 heteroatoms. The Morgan fingerprint density at radius 2 is 2.40 bits per heavy atom. The van der Waals surface area contributed by atoms with E-state index in [2.05, 4.69) is 31.8 Å². The van der Waals surface area contributed by atoms with Crippen LogP contribution in [0, 0.1) is 5.92 Å². The Labute approximate surface area is 69.0 Å². The summed E-state index contributed by atoms with van der Waals surface area (Å²) in [6.07, 6.45) is 2.64. The first-order chi connectivity index (χ1) is 4.69. The first kappa shape index (κ1) is 8.41. The molecule has 1 heterocycles. The zero-order valence-corrected chi connectivity index (χ0v) is 7.75. The summed E-state index contributed by atoms with van der Waals surface area (Å²) in [4.78, 5) is 0. The molecule has 1 saturated heterocycles. The summed E-state index contributed by atoms with van der Waals surface area (Å²) in [5, 5.41) is 3.53. The minimum atomic E-state index is 0.377. The van der Waals surface area contributed by atoms with Crippen LogP contribution in [0.4, 0.5) is 0 Å². The minimum absolute atomic E-state index is 0.377. The third kappa shape index (κ3) is 1.48. The topological polar surface area (TPSA) is 12.0 Å². The van der Waals surface area contributed by atoms with Crippen molar-refractivity contribution < 1.29 is 0 Å². The second-order valence-corrected chi connectivity index (χ2v) is 3.90. The second-order valence-electron chi connectivity index (χ2n) is 3.53. The van der Waals surface area contributed by atoms with Crippen molar-refractivity contribution in [2.45, 2.75) is 32.2 Å². The van der Waals surface area contributed by atoms with E-state index in [0.717, 1.165) is 5.75 Å². The van der Waals surface area contributed by atoms with Gasteiger partial charge in [0.2, 0.25) is 0 Å². The molecule has 0 spiro atoms. The fraction of sp³-hybridized carbons (Fsp3) is 1.00. The third-order valence-electron chi connectivity index (χ3n) is 2.76. The van der Waals surface area contributed by atoms with Gasteiger partial charge in [0.05, 0.1) is 0 Å². The van der Waals surface area contributed by atoms with E-state index >= 15 is 0 Å². The highest BCUT2D eigenvalue weighted by Crippen LogP contribution is 2.27. The summed E-state index contributed by atoms with van der Waals surface area (Å²) in [7, 11) is 0. The number of nitrogens with one attached hydrogen (secondary N) is 1. The Morgan fingerprint density at radius 1 is 1.70 bits per heavy atom. The van der Waals surface area contributed by atoms with Crippen LogP contribution in [0.2, 0.25) is 0 Å². The summed E-state index contributed by atoms with van der Waals surface area (Å²) < 4.78 is 0. The number of hydrogen-bond donors (Lipinski definition) is 2. The quantitative estimate of drug-likeness (QED) is 0.584. The zero-order chi connectivity index (χ0) is 7.61. The van der Waals surface area contributed by atoms with E-state index in [9.17, 15) is 0 Å². The molecular weight excluding hydrogens is 142 g/mol. The maximum atomic E-state index is 4.30. The van der Waals surface area contributed by atoms with Crippen LogP contribution in [0.25, 0.3) is 0 Å². The molecule has 60 valence electrons. The molecule has 0 bridgehead atoms. The van der Waals surface area contributed by atoms with Gasteiger partial charge in [0.15, 0.2) is 0 Å². The van der Waals surface area contributed by atoms with Crippen molar-refractivity contribution in [3.8, 4) is 0 Å². The molecule has 0 saturated carbocycles. The number of thiol groups is 1. The van der Waals surface area contributed by atoms with Crippen LogP contribution in [0.5, 0.6) is 0 Å². The maximum absolute atomic E-state index is 4.30. The van der Waals surface area contributed by atoms with Crippen LogP contribution in [0.3, 0.4) is 0 Å². The molecule has 10 heavy (non-hydrogen) atoms. The second kappa shape index (κ2) is 3.14. The SMILES string of the molecule is CC(CS)C1(C)CCCN1. The lowest BCUT2D eigenvalue weighted by atomic mass is 9.87. The van der Waals surface area contributed by atoms with Crippen LogP contribution >= 0.6 is 12.6 Å². The fourth-order valence-corrected chi connectivity index (χ4v) is 1.94. The van der Waals surface area contributed by atoms with E-state index in [4.69, 9.17) is 0 Å². The highest BCUT2D eigenvalue weighted by molar-refractivity contribution is 7.80. The summed E-state index contributed by atoms with van der Waals surface area (Å²) in [5.74, 6) is 1.68. The summed E-state index contributed by atoms with van der Waals surface area (Å²) in [6.45, 7) is 5.76. The highest BCUT2D eigenvalue weighted by Gasteiger charge is 2.32. The van der Waals surface area contributed by atoms with Gasteiger partial charge in [-0.3, -0.25) is 0 Å². The Morgan fingerprint density at radius 3 is 2.80 bits per heavy atom. The normalized spacial score (nSPS) is 36.3. The molecule has 0 aliphatic carbocycles. The summed E-state index contributed by atoms with van der Waals surface area (Å²) >= 11 is 4.30. The summed E-state index contributed by atoms with van der Waals surface area (Å²) in [6, 6.07) is 0. The molecule has 2 atom stereocenters. The van der Waals surface area contributed by atoms with Gasteiger partial charge < -0.3 is 5.32 Å². The van der Waals surface area contributed by atoms with Crippen LogP contribution in [-0.2, 0) is 0 Å². The minimum Gasteiger partial charge on any atom is -0.311 e.